The molecule has 1 unspecified atom stereocenters. The normalized spacial score (nSPS) is 15.0. The number of ether oxygens (including phenoxy) is 2. The second-order valence-corrected chi connectivity index (χ2v) is 9.61. The largest absolute Gasteiger partial charge is 0.463 e. The highest BCUT2D eigenvalue weighted by Crippen LogP contribution is 2.20. The summed E-state index contributed by atoms with van der Waals surface area (Å²) < 4.78 is 12.4. The van der Waals surface area contributed by atoms with E-state index in [9.17, 15) is 14.4 Å². The van der Waals surface area contributed by atoms with Crippen molar-refractivity contribution in [3.63, 3.8) is 0 Å². The van der Waals surface area contributed by atoms with Gasteiger partial charge >= 0.3 is 11.9 Å². The number of hydrogen-bond acceptors (Lipinski definition) is 8. The number of piperazine rings is 1. The molecule has 2 heterocycles. The van der Waals surface area contributed by atoms with Gasteiger partial charge in [0.05, 0.1) is 36.3 Å². The summed E-state index contributed by atoms with van der Waals surface area (Å²) in [6.45, 7) is 5.11. The van der Waals surface area contributed by atoms with Gasteiger partial charge < -0.3 is 9.47 Å². The second kappa shape index (κ2) is 12.7. The third kappa shape index (κ3) is 6.27. The van der Waals surface area contributed by atoms with Crippen LogP contribution in [0.4, 0.5) is 0 Å². The Morgan fingerprint density at radius 3 is 2.17 bits per heavy atom. The molecule has 0 N–H and O–H groups in total. The molecule has 0 bridgehead atoms. The first kappa shape index (κ1) is 27.2. The van der Waals surface area contributed by atoms with Crippen molar-refractivity contribution in [2.75, 3.05) is 39.3 Å². The number of hydrogen-bond donors (Lipinski definition) is 0. The highest BCUT2D eigenvalue weighted by molar-refractivity contribution is 5.81. The van der Waals surface area contributed by atoms with Crippen LogP contribution in [0.2, 0.25) is 0 Å². The van der Waals surface area contributed by atoms with Gasteiger partial charge in [-0.05, 0) is 31.2 Å². The van der Waals surface area contributed by atoms with Crippen molar-refractivity contribution in [3.8, 4) is 5.69 Å². The fourth-order valence-corrected chi connectivity index (χ4v) is 4.88. The summed E-state index contributed by atoms with van der Waals surface area (Å²) in [6.07, 6.45) is -1.09. The monoisotopic (exact) mass is 540 g/mol. The molecule has 0 aliphatic carbocycles. The lowest BCUT2D eigenvalue weighted by Gasteiger charge is -2.34. The van der Waals surface area contributed by atoms with Gasteiger partial charge in [-0.1, -0.05) is 60.7 Å². The van der Waals surface area contributed by atoms with Crippen LogP contribution < -0.4 is 5.56 Å². The number of esters is 2. The molecule has 1 saturated heterocycles. The van der Waals surface area contributed by atoms with Crippen molar-refractivity contribution in [1.29, 1.82) is 0 Å². The minimum atomic E-state index is -1.09. The Bertz CT molecular complexity index is 1520. The Morgan fingerprint density at radius 2 is 1.48 bits per heavy atom. The molecule has 0 saturated carbocycles. The maximum Gasteiger partial charge on any atom is 0.352 e. The number of fused-ring (bicyclic) bond motifs is 1. The average Bonchev–Trinajstić information content (AvgIpc) is 2.98. The van der Waals surface area contributed by atoms with Crippen LogP contribution in [0.15, 0.2) is 89.7 Å². The van der Waals surface area contributed by atoms with Gasteiger partial charge in [0.1, 0.15) is 5.82 Å². The summed E-state index contributed by atoms with van der Waals surface area (Å²) >= 11 is 0. The molecule has 4 aromatic rings. The standard InChI is InChI=1S/C31H32N4O5/c1-2-39-31(38)29(23-11-5-3-6-12-23)40-28(36)22-34-19-17-33(18-20-34)21-27-32-26-16-10-9-15-25(26)30(37)35(27)24-13-7-4-8-14-24/h3-16,29H,2,17-22H2,1H3. The zero-order valence-electron chi connectivity index (χ0n) is 22.4. The van der Waals surface area contributed by atoms with Crippen LogP contribution in [-0.4, -0.2) is 70.6 Å². The Hall–Kier alpha value is -4.34. The maximum absolute atomic E-state index is 13.5. The van der Waals surface area contributed by atoms with Gasteiger partial charge in [-0.3, -0.25) is 24.0 Å². The Labute approximate surface area is 232 Å². The minimum Gasteiger partial charge on any atom is -0.463 e. The predicted octanol–water partition coefficient (Wildman–Crippen LogP) is 3.35. The van der Waals surface area contributed by atoms with Gasteiger partial charge in [0.15, 0.2) is 0 Å². The molecule has 1 aromatic heterocycles. The van der Waals surface area contributed by atoms with Crippen LogP contribution in [0.5, 0.6) is 0 Å². The zero-order chi connectivity index (χ0) is 27.9. The van der Waals surface area contributed by atoms with Crippen LogP contribution in [0.25, 0.3) is 16.6 Å². The van der Waals surface area contributed by atoms with Crippen LogP contribution >= 0.6 is 0 Å². The molecule has 0 spiro atoms. The molecule has 0 amide bonds. The van der Waals surface area contributed by atoms with E-state index >= 15 is 0 Å². The van der Waals surface area contributed by atoms with Gasteiger partial charge in [0.25, 0.3) is 5.56 Å². The maximum atomic E-state index is 13.5. The van der Waals surface area contributed by atoms with E-state index in [1.807, 2.05) is 59.5 Å². The molecule has 9 nitrogen and oxygen atoms in total. The third-order valence-electron chi connectivity index (χ3n) is 6.89. The number of para-hydroxylation sites is 2. The molecule has 1 fully saturated rings. The fourth-order valence-electron chi connectivity index (χ4n) is 4.88. The fraction of sp³-hybridized carbons (Fsp3) is 0.290. The topological polar surface area (TPSA) is 94.0 Å². The quantitative estimate of drug-likeness (QED) is 0.299. The van der Waals surface area contributed by atoms with Crippen LogP contribution in [0.1, 0.15) is 24.4 Å². The van der Waals surface area contributed by atoms with Crippen molar-refractivity contribution in [1.82, 2.24) is 19.4 Å². The molecule has 206 valence electrons. The summed E-state index contributed by atoms with van der Waals surface area (Å²) in [7, 11) is 0. The van der Waals surface area contributed by atoms with Gasteiger partial charge in [0, 0.05) is 31.7 Å². The van der Waals surface area contributed by atoms with E-state index in [0.29, 0.717) is 55.0 Å². The van der Waals surface area contributed by atoms with Crippen molar-refractivity contribution in [3.05, 3.63) is 107 Å². The predicted molar refractivity (Wildman–Crippen MR) is 151 cm³/mol. The molecule has 5 rings (SSSR count). The summed E-state index contributed by atoms with van der Waals surface area (Å²) in [4.78, 5) is 47.8. The number of benzene rings is 3. The molecular weight excluding hydrogens is 508 g/mol. The molecule has 1 aliphatic heterocycles. The van der Waals surface area contributed by atoms with E-state index in [2.05, 4.69) is 4.90 Å². The van der Waals surface area contributed by atoms with E-state index < -0.39 is 18.0 Å². The average molecular weight is 541 g/mol. The lowest BCUT2D eigenvalue weighted by molar-refractivity contribution is -0.169. The van der Waals surface area contributed by atoms with Crippen LogP contribution in [0.3, 0.4) is 0 Å². The minimum absolute atomic E-state index is 0.0690. The van der Waals surface area contributed by atoms with Gasteiger partial charge in [-0.15, -0.1) is 0 Å². The summed E-state index contributed by atoms with van der Waals surface area (Å²) in [6, 6.07) is 25.8. The second-order valence-electron chi connectivity index (χ2n) is 9.61. The lowest BCUT2D eigenvalue weighted by Crippen LogP contribution is -2.48. The molecule has 1 atom stereocenters. The van der Waals surface area contributed by atoms with Crippen molar-refractivity contribution in [2.45, 2.75) is 19.6 Å². The zero-order valence-corrected chi connectivity index (χ0v) is 22.4. The first-order chi connectivity index (χ1) is 19.5. The smallest absolute Gasteiger partial charge is 0.352 e. The van der Waals surface area contributed by atoms with Gasteiger partial charge in [-0.2, -0.15) is 0 Å². The van der Waals surface area contributed by atoms with Gasteiger partial charge in [-0.25, -0.2) is 9.78 Å². The van der Waals surface area contributed by atoms with Gasteiger partial charge in [0.2, 0.25) is 6.10 Å². The van der Waals surface area contributed by atoms with E-state index in [0.717, 1.165) is 5.69 Å². The van der Waals surface area contributed by atoms with Crippen molar-refractivity contribution >= 4 is 22.8 Å². The Balaban J connectivity index is 1.24. The van der Waals surface area contributed by atoms with E-state index in [1.54, 1.807) is 41.8 Å². The summed E-state index contributed by atoms with van der Waals surface area (Å²) in [5.41, 5.74) is 1.93. The van der Waals surface area contributed by atoms with Crippen LogP contribution in [0, 0.1) is 0 Å². The number of carbonyl (C=O) groups excluding carboxylic acids is 2. The van der Waals surface area contributed by atoms with E-state index in [1.165, 1.54) is 0 Å². The molecule has 0 radical (unpaired) electrons. The van der Waals surface area contributed by atoms with E-state index in [-0.39, 0.29) is 18.7 Å². The number of rotatable bonds is 9. The first-order valence-electron chi connectivity index (χ1n) is 13.5. The molecule has 3 aromatic carbocycles. The van der Waals surface area contributed by atoms with Crippen LogP contribution in [-0.2, 0) is 25.6 Å². The summed E-state index contributed by atoms with van der Waals surface area (Å²) in [5.74, 6) is -0.397. The molecule has 1 aliphatic rings. The highest BCUT2D eigenvalue weighted by Gasteiger charge is 2.28. The summed E-state index contributed by atoms with van der Waals surface area (Å²) in [5, 5.41) is 0.579. The molecule has 40 heavy (non-hydrogen) atoms. The number of nitrogens with zero attached hydrogens (tertiary/aromatic N) is 4. The van der Waals surface area contributed by atoms with E-state index in [4.69, 9.17) is 14.5 Å². The molecule has 9 heteroatoms. The number of aromatic nitrogens is 2. The highest BCUT2D eigenvalue weighted by atomic mass is 16.6. The molecular formula is C31H32N4O5. The lowest BCUT2D eigenvalue weighted by atomic mass is 10.1. The van der Waals surface area contributed by atoms with Crippen molar-refractivity contribution in [2.24, 2.45) is 0 Å². The first-order valence-corrected chi connectivity index (χ1v) is 13.5. The number of carbonyl (C=O) groups is 2. The Morgan fingerprint density at radius 1 is 0.850 bits per heavy atom. The Kier molecular flexibility index (Phi) is 8.63. The van der Waals surface area contributed by atoms with Crippen molar-refractivity contribution < 1.29 is 19.1 Å². The third-order valence-corrected chi connectivity index (χ3v) is 6.89. The SMILES string of the molecule is CCOC(=O)C(OC(=O)CN1CCN(Cc2nc3ccccc3c(=O)n2-c2ccccc2)CC1)c1ccccc1.